The zero-order valence-electron chi connectivity index (χ0n) is 18.2. The number of rotatable bonds is 3. The molecule has 9 atom stereocenters. The van der Waals surface area contributed by atoms with E-state index in [1.807, 2.05) is 0 Å². The van der Waals surface area contributed by atoms with Crippen LogP contribution < -0.4 is 0 Å². The minimum Gasteiger partial charge on any atom is -0.458 e. The van der Waals surface area contributed by atoms with Gasteiger partial charge < -0.3 is 20.1 Å². The summed E-state index contributed by atoms with van der Waals surface area (Å²) in [5, 5.41) is 33.0. The van der Waals surface area contributed by atoms with E-state index >= 15 is 0 Å². The average molecular weight is 487 g/mol. The largest absolute Gasteiger partial charge is 0.458 e. The van der Waals surface area contributed by atoms with Crippen LogP contribution in [-0.4, -0.2) is 67.5 Å². The molecule has 7 nitrogen and oxygen atoms in total. The van der Waals surface area contributed by atoms with Gasteiger partial charge in [-0.1, -0.05) is 19.9 Å². The number of aliphatic hydroxyl groups excluding tert-OH is 2. The summed E-state index contributed by atoms with van der Waals surface area (Å²) in [6.07, 6.45) is 2.27. The van der Waals surface area contributed by atoms with E-state index in [2.05, 4.69) is 0 Å². The molecule has 3 fully saturated rings. The maximum Gasteiger partial charge on any atom is 0.303 e. The Hall–Kier alpha value is -1.25. The summed E-state index contributed by atoms with van der Waals surface area (Å²) in [6.45, 7) is 4.16. The van der Waals surface area contributed by atoms with Crippen LogP contribution in [-0.2, 0) is 19.1 Å². The zero-order valence-corrected chi connectivity index (χ0v) is 19.7. The quantitative estimate of drug-likeness (QED) is 0.409. The molecule has 3 saturated carbocycles. The van der Waals surface area contributed by atoms with Crippen molar-refractivity contribution in [2.24, 2.45) is 22.7 Å². The van der Waals surface area contributed by atoms with E-state index in [9.17, 15) is 29.7 Å². The summed E-state index contributed by atoms with van der Waals surface area (Å²) in [5.41, 5.74) is -3.58. The topological polar surface area (TPSA) is 121 Å². The molecule has 9 heteroatoms. The van der Waals surface area contributed by atoms with E-state index in [0.717, 1.165) is 0 Å². The van der Waals surface area contributed by atoms with Crippen molar-refractivity contribution < 1.29 is 34.4 Å². The third-order valence-electron chi connectivity index (χ3n) is 8.71. The fraction of sp³-hybridized carbons (Fsp3) is 0.696. The third-order valence-corrected chi connectivity index (χ3v) is 10.2. The zero-order chi connectivity index (χ0) is 23.9. The molecule has 0 bridgehead atoms. The van der Waals surface area contributed by atoms with Gasteiger partial charge in [-0.3, -0.25) is 14.4 Å². The van der Waals surface area contributed by atoms with Crippen LogP contribution >= 0.6 is 23.2 Å². The highest BCUT2D eigenvalue weighted by atomic mass is 35.5. The summed E-state index contributed by atoms with van der Waals surface area (Å²) in [7, 11) is 0. The SMILES string of the molecule is CC(=O)OCC(=O)[C@@]1(O)CC[C@H]2[C@@H]3[C@@H](O)[C@@H](O)C4=CC(=O)C=C[C@]4(C)[C@@]3(Cl)[C@@H](Cl)C[C@@]21C. The van der Waals surface area contributed by atoms with Crippen LogP contribution in [0.1, 0.15) is 40.0 Å². The molecule has 4 rings (SSSR count). The number of alkyl halides is 2. The normalized spacial score (nSPS) is 49.6. The molecule has 0 aromatic carbocycles. The van der Waals surface area contributed by atoms with Gasteiger partial charge >= 0.3 is 5.97 Å². The highest BCUT2D eigenvalue weighted by molar-refractivity contribution is 6.34. The van der Waals surface area contributed by atoms with Gasteiger partial charge in [0.05, 0.1) is 16.4 Å². The molecule has 0 aromatic heterocycles. The van der Waals surface area contributed by atoms with Crippen LogP contribution in [0.3, 0.4) is 0 Å². The molecule has 3 N–H and O–H groups in total. The number of halogens is 2. The molecular weight excluding hydrogens is 459 g/mol. The number of ketones is 2. The van der Waals surface area contributed by atoms with Crippen LogP contribution in [0.2, 0.25) is 0 Å². The highest BCUT2D eigenvalue weighted by Crippen LogP contribution is 2.71. The molecule has 0 unspecified atom stereocenters. The van der Waals surface area contributed by atoms with Gasteiger partial charge in [-0.2, -0.15) is 0 Å². The number of esters is 1. The fourth-order valence-electron chi connectivity index (χ4n) is 6.91. The number of hydrogen-bond acceptors (Lipinski definition) is 7. The molecule has 4 aliphatic carbocycles. The predicted molar refractivity (Wildman–Crippen MR) is 116 cm³/mol. The molecule has 0 aromatic rings. The van der Waals surface area contributed by atoms with Crippen LogP contribution in [0.15, 0.2) is 23.8 Å². The second-order valence-corrected chi connectivity index (χ2v) is 11.2. The lowest BCUT2D eigenvalue weighted by molar-refractivity contribution is -0.175. The smallest absolute Gasteiger partial charge is 0.303 e. The maximum absolute atomic E-state index is 13.0. The summed E-state index contributed by atoms with van der Waals surface area (Å²) in [4.78, 5) is 34.9. The highest BCUT2D eigenvalue weighted by Gasteiger charge is 2.75. The van der Waals surface area contributed by atoms with Gasteiger partial charge in [0.2, 0.25) is 5.78 Å². The van der Waals surface area contributed by atoms with Crippen molar-refractivity contribution in [2.75, 3.05) is 6.61 Å². The molecule has 4 aliphatic rings. The molecule has 176 valence electrons. The Morgan fingerprint density at radius 3 is 2.56 bits per heavy atom. The van der Waals surface area contributed by atoms with Crippen LogP contribution in [0.25, 0.3) is 0 Å². The first kappa shape index (κ1) is 23.9. The Morgan fingerprint density at radius 1 is 1.28 bits per heavy atom. The Balaban J connectivity index is 1.80. The van der Waals surface area contributed by atoms with Crippen molar-refractivity contribution in [1.82, 2.24) is 0 Å². The molecule has 0 radical (unpaired) electrons. The lowest BCUT2D eigenvalue weighted by atomic mass is 9.45. The molecular formula is C23H28Cl2O7. The van der Waals surface area contributed by atoms with Gasteiger partial charge in [0.1, 0.15) is 11.7 Å². The van der Waals surface area contributed by atoms with E-state index in [-0.39, 0.29) is 18.6 Å². The molecule has 0 saturated heterocycles. The van der Waals surface area contributed by atoms with Gasteiger partial charge in [0.25, 0.3) is 0 Å². The molecule has 0 spiro atoms. The van der Waals surface area contributed by atoms with Gasteiger partial charge in [-0.25, -0.2) is 0 Å². The van der Waals surface area contributed by atoms with Crippen molar-refractivity contribution in [2.45, 2.75) is 68.1 Å². The Bertz CT molecular complexity index is 947. The number of ether oxygens (including phenoxy) is 1. The van der Waals surface area contributed by atoms with Gasteiger partial charge in [0.15, 0.2) is 12.4 Å². The summed E-state index contributed by atoms with van der Waals surface area (Å²) < 4.78 is 4.85. The summed E-state index contributed by atoms with van der Waals surface area (Å²) >= 11 is 14.2. The number of Topliss-reactive ketones (excluding diaryl/α,β-unsaturated/α-hetero) is 1. The fourth-order valence-corrected chi connectivity index (χ4v) is 8.14. The first-order chi connectivity index (χ1) is 14.7. The summed E-state index contributed by atoms with van der Waals surface area (Å²) in [6, 6.07) is 0. The van der Waals surface area contributed by atoms with Crippen LogP contribution in [0.5, 0.6) is 0 Å². The number of carbonyl (C=O) groups excluding carboxylic acids is 3. The van der Waals surface area contributed by atoms with E-state index < -0.39 is 69.1 Å². The van der Waals surface area contributed by atoms with E-state index in [1.54, 1.807) is 19.9 Å². The first-order valence-corrected chi connectivity index (χ1v) is 11.6. The number of aliphatic hydroxyl groups is 3. The first-order valence-electron chi connectivity index (χ1n) is 10.8. The Morgan fingerprint density at radius 2 is 1.94 bits per heavy atom. The number of allylic oxidation sites excluding steroid dienone is 3. The molecule has 0 aliphatic heterocycles. The second-order valence-electron chi connectivity index (χ2n) is 10.1. The lowest BCUT2D eigenvalue weighted by Gasteiger charge is -2.65. The lowest BCUT2D eigenvalue weighted by Crippen LogP contribution is -2.72. The van der Waals surface area contributed by atoms with Crippen molar-refractivity contribution >= 4 is 40.7 Å². The van der Waals surface area contributed by atoms with Crippen molar-refractivity contribution in [1.29, 1.82) is 0 Å². The van der Waals surface area contributed by atoms with Gasteiger partial charge in [-0.05, 0) is 42.9 Å². The minimum atomic E-state index is -1.82. The van der Waals surface area contributed by atoms with Crippen molar-refractivity contribution in [3.8, 4) is 0 Å². The number of carbonyl (C=O) groups is 3. The second kappa shape index (κ2) is 7.37. The minimum absolute atomic E-state index is 0.0951. The third kappa shape index (κ3) is 2.81. The van der Waals surface area contributed by atoms with Gasteiger partial charge in [0, 0.05) is 23.7 Å². The molecule has 0 heterocycles. The monoisotopic (exact) mass is 486 g/mol. The molecule has 32 heavy (non-hydrogen) atoms. The van der Waals surface area contributed by atoms with Gasteiger partial charge in [-0.15, -0.1) is 23.2 Å². The predicted octanol–water partition coefficient (Wildman–Crippen LogP) is 1.68. The van der Waals surface area contributed by atoms with Crippen molar-refractivity contribution in [3.05, 3.63) is 23.8 Å². The number of hydrogen-bond donors (Lipinski definition) is 3. The standard InChI is InChI=1S/C23H28Cl2O7/c1-11(26)32-10-16(28)22(31)7-5-13-17-19(30)18(29)14-8-12(27)4-6-20(14,2)23(17,25)15(24)9-21(13,22)3/h4,6,8,13,15,17-19,29-31H,5,7,9-10H2,1-3H3/t13-,15-,17+,18-,19+,20-,21-,22-,23+/m0/s1. The number of fused-ring (bicyclic) bond motifs is 5. The van der Waals surface area contributed by atoms with E-state index in [1.165, 1.54) is 19.1 Å². The van der Waals surface area contributed by atoms with E-state index in [0.29, 0.717) is 12.0 Å². The van der Waals surface area contributed by atoms with Crippen LogP contribution in [0.4, 0.5) is 0 Å². The van der Waals surface area contributed by atoms with Crippen molar-refractivity contribution in [3.63, 3.8) is 0 Å². The van der Waals surface area contributed by atoms with E-state index in [4.69, 9.17) is 27.9 Å². The average Bonchev–Trinajstić information content (AvgIpc) is 2.98. The summed E-state index contributed by atoms with van der Waals surface area (Å²) in [5.74, 6) is -2.77. The Kier molecular flexibility index (Phi) is 5.51. The Labute approximate surface area is 196 Å². The van der Waals surface area contributed by atoms with Crippen LogP contribution in [0, 0.1) is 22.7 Å². The molecule has 0 amide bonds. The maximum atomic E-state index is 13.0.